The Bertz CT molecular complexity index is 1570. The predicted molar refractivity (Wildman–Crippen MR) is 195 cm³/mol. The summed E-state index contributed by atoms with van der Waals surface area (Å²) >= 11 is 0. The summed E-state index contributed by atoms with van der Waals surface area (Å²) in [5, 5.41) is 72.9. The summed E-state index contributed by atoms with van der Waals surface area (Å²) in [7, 11) is 3.33. The number of carbonyl (C=O) groups excluding carboxylic acids is 1. The SMILES string of the molecule is COc1ccc(OC)c([C@@H]2C[C@H]3[C@@H]4CC=C5C[C@@H](O[C@@H]6O[C@H](CO)[C@@H](O[C@@H]7O[C@H](CO)[C@@H](O)[C@H](O)[C@H]7O)[C@H](O)[C@H]6O)CC[C@]5(C)[C@H]4CC[C@]3(C)[C@H]2C(C)=O)c1. The van der Waals surface area contributed by atoms with E-state index in [1.807, 2.05) is 18.2 Å². The van der Waals surface area contributed by atoms with Gasteiger partial charge >= 0.3 is 0 Å². The van der Waals surface area contributed by atoms with E-state index in [0.717, 1.165) is 49.2 Å². The maximum Gasteiger partial charge on any atom is 0.187 e. The minimum Gasteiger partial charge on any atom is -0.497 e. The van der Waals surface area contributed by atoms with Crippen LogP contribution in [-0.4, -0.2) is 136 Å². The molecule has 14 nitrogen and oxygen atoms in total. The molecule has 308 valence electrons. The Morgan fingerprint density at radius 3 is 2.20 bits per heavy atom. The van der Waals surface area contributed by atoms with Gasteiger partial charge in [0.15, 0.2) is 12.6 Å². The Labute approximate surface area is 322 Å². The van der Waals surface area contributed by atoms with Gasteiger partial charge in [0.2, 0.25) is 0 Å². The van der Waals surface area contributed by atoms with Gasteiger partial charge in [-0.15, -0.1) is 0 Å². The first-order valence-corrected chi connectivity index (χ1v) is 19.9. The number of hydrogen-bond acceptors (Lipinski definition) is 14. The lowest BCUT2D eigenvalue weighted by Crippen LogP contribution is -2.65. The summed E-state index contributed by atoms with van der Waals surface area (Å²) in [6.07, 6.45) is -6.96. The van der Waals surface area contributed by atoms with Gasteiger partial charge in [-0.2, -0.15) is 0 Å². The number of ether oxygens (including phenoxy) is 6. The summed E-state index contributed by atoms with van der Waals surface area (Å²) in [6.45, 7) is 5.15. The van der Waals surface area contributed by atoms with E-state index in [-0.39, 0.29) is 34.6 Å². The highest BCUT2D eigenvalue weighted by Crippen LogP contribution is 2.69. The van der Waals surface area contributed by atoms with Crippen LogP contribution in [0.3, 0.4) is 0 Å². The number of fused-ring (bicyclic) bond motifs is 5. The molecule has 1 aromatic carbocycles. The topological polar surface area (TPSA) is 214 Å². The summed E-state index contributed by atoms with van der Waals surface area (Å²) < 4.78 is 34.9. The molecular formula is C41H60O14. The molecule has 0 aromatic heterocycles. The normalized spacial score (nSPS) is 46.9. The number of carbonyl (C=O) groups is 1. The zero-order valence-electron chi connectivity index (χ0n) is 32.4. The van der Waals surface area contributed by atoms with Gasteiger partial charge in [0.05, 0.1) is 33.5 Å². The molecule has 7 N–H and O–H groups in total. The largest absolute Gasteiger partial charge is 0.497 e. The monoisotopic (exact) mass is 776 g/mol. The minimum atomic E-state index is -1.74. The predicted octanol–water partition coefficient (Wildman–Crippen LogP) is 1.57. The highest BCUT2D eigenvalue weighted by Gasteiger charge is 2.63. The standard InChI is InChI=1S/C41H60O14/c1-19(44)31-25(24-15-21(50-4)7-9-28(24)51-5)16-27-23-8-6-20-14-22(10-12-40(20,2)26(23)11-13-41(27,31)3)52-38-36(49)34(47)37(30(18-43)54-38)55-39-35(48)33(46)32(45)29(17-42)53-39/h6-7,9,15,22-23,25-27,29-39,42-43,45-49H,8,10-14,16-18H2,1-5H3/t22-,23+,25-,26-,27-,29+,30+,31-,32+,33-,34+,35+,36+,37+,38+,39-,40-,41-/m0/s1. The molecule has 7 rings (SSSR count). The second kappa shape index (κ2) is 15.9. The van der Waals surface area contributed by atoms with Crippen LogP contribution in [0, 0.1) is 34.5 Å². The number of aliphatic hydroxyl groups excluding tert-OH is 7. The van der Waals surface area contributed by atoms with Crippen molar-refractivity contribution in [3.63, 3.8) is 0 Å². The van der Waals surface area contributed by atoms with Crippen LogP contribution < -0.4 is 9.47 Å². The minimum absolute atomic E-state index is 0.0286. The summed E-state index contributed by atoms with van der Waals surface area (Å²) in [5.41, 5.74) is 2.15. The van der Waals surface area contributed by atoms with Crippen LogP contribution in [0.5, 0.6) is 11.5 Å². The molecule has 0 spiro atoms. The third-order valence-corrected chi connectivity index (χ3v) is 14.7. The molecule has 6 aliphatic rings. The Morgan fingerprint density at radius 2 is 1.53 bits per heavy atom. The van der Waals surface area contributed by atoms with Gasteiger partial charge in [-0.25, -0.2) is 0 Å². The lowest BCUT2D eigenvalue weighted by atomic mass is 9.47. The average Bonchev–Trinajstić information content (AvgIpc) is 3.50. The zero-order valence-corrected chi connectivity index (χ0v) is 32.4. The molecule has 0 radical (unpaired) electrons. The van der Waals surface area contributed by atoms with Crippen molar-refractivity contribution in [2.45, 2.75) is 139 Å². The Hall–Kier alpha value is -2.21. The highest BCUT2D eigenvalue weighted by molar-refractivity contribution is 5.81. The summed E-state index contributed by atoms with van der Waals surface area (Å²) in [5.74, 6) is 2.87. The van der Waals surface area contributed by atoms with Gasteiger partial charge in [0, 0.05) is 11.5 Å². The maximum absolute atomic E-state index is 13.5. The second-order valence-corrected chi connectivity index (χ2v) is 17.3. The van der Waals surface area contributed by atoms with E-state index in [1.165, 1.54) is 5.57 Å². The Balaban J connectivity index is 1.04. The molecule has 1 aromatic rings. The van der Waals surface area contributed by atoms with Crippen LogP contribution in [0.4, 0.5) is 0 Å². The number of aliphatic hydroxyl groups is 7. The van der Waals surface area contributed by atoms with Gasteiger partial charge in [-0.1, -0.05) is 25.5 Å². The molecular weight excluding hydrogens is 716 g/mol. The third kappa shape index (κ3) is 6.96. The molecule has 5 fully saturated rings. The van der Waals surface area contributed by atoms with E-state index in [0.29, 0.717) is 30.6 Å². The maximum atomic E-state index is 13.5. The van der Waals surface area contributed by atoms with Crippen molar-refractivity contribution < 1.29 is 69.0 Å². The van der Waals surface area contributed by atoms with Crippen molar-refractivity contribution in [1.82, 2.24) is 0 Å². The third-order valence-electron chi connectivity index (χ3n) is 14.7. The van der Waals surface area contributed by atoms with Gasteiger partial charge in [-0.05, 0) is 105 Å². The first-order chi connectivity index (χ1) is 26.2. The van der Waals surface area contributed by atoms with Crippen molar-refractivity contribution >= 4 is 5.78 Å². The van der Waals surface area contributed by atoms with Crippen molar-refractivity contribution in [3.8, 4) is 11.5 Å². The molecule has 14 heteroatoms. The van der Waals surface area contributed by atoms with E-state index in [2.05, 4.69) is 19.9 Å². The number of benzene rings is 1. The van der Waals surface area contributed by atoms with Gasteiger partial charge in [0.1, 0.15) is 66.1 Å². The molecule has 2 heterocycles. The van der Waals surface area contributed by atoms with Crippen molar-refractivity contribution in [2.75, 3.05) is 27.4 Å². The Kier molecular flexibility index (Phi) is 11.8. The molecule has 55 heavy (non-hydrogen) atoms. The van der Waals surface area contributed by atoms with Crippen molar-refractivity contribution in [1.29, 1.82) is 0 Å². The molecule has 0 unspecified atom stereocenters. The van der Waals surface area contributed by atoms with E-state index in [9.17, 15) is 40.5 Å². The zero-order chi connectivity index (χ0) is 39.6. The molecule has 0 amide bonds. The molecule has 2 saturated heterocycles. The number of Topliss-reactive ketones (excluding diaryl/α,β-unsaturated/α-hetero) is 1. The number of allylic oxidation sites excluding steroid dienone is 1. The Morgan fingerprint density at radius 1 is 0.836 bits per heavy atom. The lowest BCUT2D eigenvalue weighted by molar-refractivity contribution is -0.363. The number of rotatable bonds is 10. The van der Waals surface area contributed by atoms with Crippen LogP contribution in [0.2, 0.25) is 0 Å². The van der Waals surface area contributed by atoms with Crippen LogP contribution in [0.25, 0.3) is 0 Å². The molecule has 3 saturated carbocycles. The van der Waals surface area contributed by atoms with Gasteiger partial charge in [-0.3, -0.25) is 4.79 Å². The average molecular weight is 777 g/mol. The summed E-state index contributed by atoms with van der Waals surface area (Å²) in [6, 6.07) is 5.88. The van der Waals surface area contributed by atoms with Gasteiger partial charge < -0.3 is 64.2 Å². The second-order valence-electron chi connectivity index (χ2n) is 17.3. The fraction of sp³-hybridized carbons (Fsp3) is 0.780. The highest BCUT2D eigenvalue weighted by atomic mass is 16.7. The van der Waals surface area contributed by atoms with Gasteiger partial charge in [0.25, 0.3) is 0 Å². The number of ketones is 1. The van der Waals surface area contributed by atoms with E-state index in [4.69, 9.17) is 28.4 Å². The van der Waals surface area contributed by atoms with E-state index < -0.39 is 74.6 Å². The first kappa shape index (κ1) is 41.0. The van der Waals surface area contributed by atoms with E-state index in [1.54, 1.807) is 21.1 Å². The lowest BCUT2D eigenvalue weighted by Gasteiger charge is -2.58. The first-order valence-electron chi connectivity index (χ1n) is 19.9. The molecule has 4 aliphatic carbocycles. The smallest absolute Gasteiger partial charge is 0.187 e. The fourth-order valence-corrected chi connectivity index (χ4v) is 11.8. The number of methoxy groups -OCH3 is 2. The molecule has 18 atom stereocenters. The van der Waals surface area contributed by atoms with Crippen molar-refractivity contribution in [3.05, 3.63) is 35.4 Å². The molecule has 2 aliphatic heterocycles. The quantitative estimate of drug-likeness (QED) is 0.168. The molecule has 0 bridgehead atoms. The summed E-state index contributed by atoms with van der Waals surface area (Å²) in [4.78, 5) is 13.5. The fourth-order valence-electron chi connectivity index (χ4n) is 11.8. The van der Waals surface area contributed by atoms with Crippen LogP contribution in [0.1, 0.15) is 77.2 Å². The van der Waals surface area contributed by atoms with Crippen LogP contribution >= 0.6 is 0 Å². The van der Waals surface area contributed by atoms with Crippen LogP contribution in [0.15, 0.2) is 29.8 Å². The van der Waals surface area contributed by atoms with Crippen molar-refractivity contribution in [2.24, 2.45) is 34.5 Å². The number of hydrogen-bond donors (Lipinski definition) is 7. The van der Waals surface area contributed by atoms with Crippen LogP contribution in [-0.2, 0) is 23.7 Å². The van der Waals surface area contributed by atoms with E-state index >= 15 is 0 Å².